The van der Waals surface area contributed by atoms with Gasteiger partial charge in [0.1, 0.15) is 5.52 Å². The first kappa shape index (κ1) is 25.1. The zero-order chi connectivity index (χ0) is 20.8. The van der Waals surface area contributed by atoms with Gasteiger partial charge in [-0.25, -0.2) is 9.97 Å². The molecule has 1 N–H and O–H groups in total. The van der Waals surface area contributed by atoms with Crippen LogP contribution in [0.2, 0.25) is 10.4 Å². The van der Waals surface area contributed by atoms with Crippen molar-refractivity contribution in [2.24, 2.45) is 0 Å². The van der Waals surface area contributed by atoms with Crippen molar-refractivity contribution < 1.29 is 4.48 Å². The van der Waals surface area contributed by atoms with Gasteiger partial charge in [-0.05, 0) is 37.3 Å². The highest BCUT2D eigenvalue weighted by Crippen LogP contribution is 2.18. The van der Waals surface area contributed by atoms with Gasteiger partial charge in [0.15, 0.2) is 10.8 Å². The highest BCUT2D eigenvalue weighted by atomic mass is 35.5. The Labute approximate surface area is 180 Å². The van der Waals surface area contributed by atoms with Crippen LogP contribution in [-0.2, 0) is 0 Å². The largest absolute Gasteiger partial charge is 0.341 e. The predicted molar refractivity (Wildman–Crippen MR) is 121 cm³/mol. The molecule has 0 aliphatic heterocycles. The minimum atomic E-state index is 0.106. The fourth-order valence-corrected chi connectivity index (χ4v) is 3.84. The van der Waals surface area contributed by atoms with Crippen LogP contribution in [-0.4, -0.2) is 50.6 Å². The van der Waals surface area contributed by atoms with Gasteiger partial charge in [0.05, 0.1) is 32.5 Å². The number of quaternary nitrogens is 1. The van der Waals surface area contributed by atoms with Gasteiger partial charge in [-0.15, -0.1) is 0 Å². The Morgan fingerprint density at radius 2 is 1.25 bits per heavy atom. The lowest BCUT2D eigenvalue weighted by Crippen LogP contribution is -2.50. The van der Waals surface area contributed by atoms with E-state index in [1.165, 1.54) is 88.4 Å². The van der Waals surface area contributed by atoms with Gasteiger partial charge >= 0.3 is 0 Å². The summed E-state index contributed by atoms with van der Waals surface area (Å²) in [6.07, 6.45) is 12.5. The van der Waals surface area contributed by atoms with Crippen LogP contribution in [0.3, 0.4) is 0 Å². The Morgan fingerprint density at radius 3 is 1.68 bits per heavy atom. The predicted octanol–water partition coefficient (Wildman–Crippen LogP) is 6.66. The molecule has 0 aliphatic rings. The molecule has 2 rings (SSSR count). The SMILES string of the molecule is CCCC[N+](CCCC)(CCCC)CCCC.Clc1nc(Cl)c2[nH]cnc2n1. The third-order valence-corrected chi connectivity index (χ3v) is 5.60. The Balaban J connectivity index is 0.000000302. The first-order chi connectivity index (χ1) is 13.5. The van der Waals surface area contributed by atoms with Gasteiger partial charge in [0.2, 0.25) is 5.28 Å². The molecule has 0 aromatic carbocycles. The van der Waals surface area contributed by atoms with Crippen LogP contribution in [0.15, 0.2) is 6.33 Å². The minimum absolute atomic E-state index is 0.106. The van der Waals surface area contributed by atoms with Crippen molar-refractivity contribution in [3.8, 4) is 0 Å². The number of rotatable bonds is 12. The van der Waals surface area contributed by atoms with Crippen molar-refractivity contribution >= 4 is 34.4 Å². The summed E-state index contributed by atoms with van der Waals surface area (Å²) in [7, 11) is 0. The summed E-state index contributed by atoms with van der Waals surface area (Å²) in [5, 5.41) is 0.395. The Bertz CT molecular complexity index is 622. The van der Waals surface area contributed by atoms with Crippen LogP contribution in [0, 0.1) is 0 Å². The molecule has 0 saturated carbocycles. The van der Waals surface area contributed by atoms with Crippen LogP contribution in [0.25, 0.3) is 11.2 Å². The Hall–Kier alpha value is -0.910. The van der Waals surface area contributed by atoms with Crippen LogP contribution < -0.4 is 0 Å². The van der Waals surface area contributed by atoms with Crippen molar-refractivity contribution in [3.05, 3.63) is 16.8 Å². The van der Waals surface area contributed by atoms with E-state index in [0.717, 1.165) is 0 Å². The van der Waals surface area contributed by atoms with E-state index in [2.05, 4.69) is 47.6 Å². The number of hydrogen-bond donors (Lipinski definition) is 1. The van der Waals surface area contributed by atoms with Gasteiger partial charge in [-0.2, -0.15) is 4.98 Å². The molecule has 0 radical (unpaired) electrons. The molecular formula is C21H38Cl2N5+. The lowest BCUT2D eigenvalue weighted by atomic mass is 10.1. The van der Waals surface area contributed by atoms with Crippen molar-refractivity contribution in [3.63, 3.8) is 0 Å². The topological polar surface area (TPSA) is 54.5 Å². The molecule has 28 heavy (non-hydrogen) atoms. The number of fused-ring (bicyclic) bond motifs is 1. The summed E-state index contributed by atoms with van der Waals surface area (Å²) in [5.41, 5.74) is 1.09. The van der Waals surface area contributed by atoms with Gasteiger partial charge in [0, 0.05) is 0 Å². The number of aromatic nitrogens is 4. The van der Waals surface area contributed by atoms with Crippen LogP contribution in [0.5, 0.6) is 0 Å². The van der Waals surface area contributed by atoms with E-state index in [4.69, 9.17) is 23.2 Å². The molecule has 5 nitrogen and oxygen atoms in total. The summed E-state index contributed by atoms with van der Waals surface area (Å²) in [6, 6.07) is 0. The number of hydrogen-bond acceptors (Lipinski definition) is 3. The van der Waals surface area contributed by atoms with E-state index in [1.807, 2.05) is 0 Å². The zero-order valence-corrected chi connectivity index (χ0v) is 19.6. The van der Waals surface area contributed by atoms with Crippen molar-refractivity contribution in [1.82, 2.24) is 19.9 Å². The second kappa shape index (κ2) is 14.1. The van der Waals surface area contributed by atoms with Gasteiger partial charge in [0.25, 0.3) is 0 Å². The first-order valence-electron chi connectivity index (χ1n) is 10.9. The standard InChI is InChI=1S/C16H36N.C5H2Cl2N4/c1-5-9-13-17(14-10-6-2,15-11-7-3)16-12-8-4;6-3-2-4(9-1-8-2)11-5(7)10-3/h5-16H2,1-4H3;1H,(H,8,9,10,11)/q+1;. The normalized spacial score (nSPS) is 11.5. The van der Waals surface area contributed by atoms with Crippen LogP contribution in [0.4, 0.5) is 0 Å². The highest BCUT2D eigenvalue weighted by molar-refractivity contribution is 6.35. The number of aromatic amines is 1. The Kier molecular flexibility index (Phi) is 12.7. The summed E-state index contributed by atoms with van der Waals surface area (Å²) in [5.74, 6) is 0. The maximum atomic E-state index is 5.70. The number of unbranched alkanes of at least 4 members (excludes halogenated alkanes) is 4. The monoisotopic (exact) mass is 430 g/mol. The highest BCUT2D eigenvalue weighted by Gasteiger charge is 2.24. The average molecular weight is 431 g/mol. The smallest absolute Gasteiger partial charge is 0.225 e. The van der Waals surface area contributed by atoms with E-state index >= 15 is 0 Å². The van der Waals surface area contributed by atoms with Crippen molar-refractivity contribution in [2.75, 3.05) is 26.2 Å². The second-order valence-electron chi connectivity index (χ2n) is 7.53. The summed E-state index contributed by atoms with van der Waals surface area (Å²) < 4.78 is 1.42. The number of nitrogens with one attached hydrogen (secondary N) is 1. The second-order valence-corrected chi connectivity index (χ2v) is 8.23. The summed E-state index contributed by atoms with van der Waals surface area (Å²) >= 11 is 11.2. The third kappa shape index (κ3) is 8.62. The molecule has 0 bridgehead atoms. The molecule has 0 fully saturated rings. The number of imidazole rings is 1. The molecule has 0 spiro atoms. The molecule has 160 valence electrons. The molecule has 0 aliphatic carbocycles. The van der Waals surface area contributed by atoms with Gasteiger partial charge in [-0.1, -0.05) is 65.0 Å². The van der Waals surface area contributed by atoms with Crippen LogP contribution >= 0.6 is 23.2 Å². The molecule has 0 amide bonds. The molecule has 0 unspecified atom stereocenters. The van der Waals surface area contributed by atoms with E-state index < -0.39 is 0 Å². The zero-order valence-electron chi connectivity index (χ0n) is 18.1. The summed E-state index contributed by atoms with van der Waals surface area (Å²) in [6.45, 7) is 15.0. The number of nitrogens with zero attached hydrogens (tertiary/aromatic N) is 4. The molecule has 0 atom stereocenters. The van der Waals surface area contributed by atoms with Crippen LogP contribution in [0.1, 0.15) is 79.1 Å². The molecular weight excluding hydrogens is 393 g/mol. The fourth-order valence-electron chi connectivity index (χ4n) is 3.42. The minimum Gasteiger partial charge on any atom is -0.341 e. The lowest BCUT2D eigenvalue weighted by Gasteiger charge is -2.39. The molecule has 0 saturated heterocycles. The lowest BCUT2D eigenvalue weighted by molar-refractivity contribution is -0.929. The molecule has 2 aromatic rings. The number of halogens is 2. The van der Waals surface area contributed by atoms with Crippen molar-refractivity contribution in [1.29, 1.82) is 0 Å². The van der Waals surface area contributed by atoms with Gasteiger partial charge < -0.3 is 9.47 Å². The van der Waals surface area contributed by atoms with E-state index in [-0.39, 0.29) is 10.4 Å². The first-order valence-corrected chi connectivity index (χ1v) is 11.6. The average Bonchev–Trinajstić information content (AvgIpc) is 3.16. The van der Waals surface area contributed by atoms with E-state index in [1.54, 1.807) is 0 Å². The Morgan fingerprint density at radius 1 is 0.786 bits per heavy atom. The van der Waals surface area contributed by atoms with Gasteiger partial charge in [-0.3, -0.25) is 0 Å². The maximum Gasteiger partial charge on any atom is 0.225 e. The number of H-pyrrole nitrogens is 1. The molecule has 2 heterocycles. The summed E-state index contributed by atoms with van der Waals surface area (Å²) in [4.78, 5) is 14.2. The third-order valence-electron chi connectivity index (χ3n) is 5.16. The molecule has 2 aromatic heterocycles. The van der Waals surface area contributed by atoms with E-state index in [0.29, 0.717) is 11.2 Å². The van der Waals surface area contributed by atoms with Crippen molar-refractivity contribution in [2.45, 2.75) is 79.1 Å². The maximum absolute atomic E-state index is 5.70. The quantitative estimate of drug-likeness (QED) is 0.232. The molecule has 7 heteroatoms. The fraction of sp³-hybridized carbons (Fsp3) is 0.762. The van der Waals surface area contributed by atoms with E-state index in [9.17, 15) is 0 Å².